The number of hydrogen-bond donors (Lipinski definition) is 2. The molecule has 3 saturated heterocycles. The number of hydrogen-bond acceptors (Lipinski definition) is 5. The molecular formula is C31H34N4O3. The van der Waals surface area contributed by atoms with Crippen LogP contribution >= 0.6 is 0 Å². The van der Waals surface area contributed by atoms with E-state index >= 15 is 0 Å². The fourth-order valence-electron chi connectivity index (χ4n) is 9.68. The molecule has 2 saturated carbocycles. The number of fused-ring (bicyclic) bond motifs is 4. The fraction of sp³-hybridized carbons (Fsp3) is 0.548. The second-order valence-electron chi connectivity index (χ2n) is 12.9. The van der Waals surface area contributed by atoms with Crippen LogP contribution in [0.25, 0.3) is 10.9 Å². The van der Waals surface area contributed by atoms with E-state index in [2.05, 4.69) is 32.1 Å². The van der Waals surface area contributed by atoms with Gasteiger partial charge in [-0.25, -0.2) is 0 Å². The molecule has 5 fully saturated rings. The predicted molar refractivity (Wildman–Crippen MR) is 142 cm³/mol. The van der Waals surface area contributed by atoms with Gasteiger partial charge >= 0.3 is 0 Å². The zero-order valence-corrected chi connectivity index (χ0v) is 21.7. The number of piperidine rings is 1. The van der Waals surface area contributed by atoms with E-state index in [1.54, 1.807) is 0 Å². The number of phenolic OH excluding ortho intramolecular Hbond substituents is 1. The molecule has 1 amide bonds. The highest BCUT2D eigenvalue weighted by atomic mass is 16.5. The molecule has 2 spiro atoms. The Kier molecular flexibility index (Phi) is 4.20. The first-order chi connectivity index (χ1) is 18.6. The number of aromatic nitrogens is 2. The minimum Gasteiger partial charge on any atom is -0.504 e. The molecule has 10 rings (SSSR count). The lowest BCUT2D eigenvalue weighted by Crippen LogP contribution is -2.72. The molecule has 0 radical (unpaired) electrons. The number of benzene rings is 2. The molecular weight excluding hydrogens is 476 g/mol. The van der Waals surface area contributed by atoms with Crippen LogP contribution in [-0.4, -0.2) is 68.8 Å². The number of phenols is 1. The van der Waals surface area contributed by atoms with Crippen molar-refractivity contribution in [2.45, 2.75) is 75.0 Å². The number of carbonyl (C=O) groups is 1. The van der Waals surface area contributed by atoms with Gasteiger partial charge in [0.05, 0.1) is 24.2 Å². The normalized spacial score (nSPS) is 34.7. The predicted octanol–water partition coefficient (Wildman–Crippen LogP) is 3.93. The zero-order valence-electron chi connectivity index (χ0n) is 21.7. The molecule has 4 aliphatic heterocycles. The van der Waals surface area contributed by atoms with Crippen LogP contribution in [0.15, 0.2) is 36.5 Å². The van der Waals surface area contributed by atoms with E-state index in [1.807, 2.05) is 24.4 Å². The summed E-state index contributed by atoms with van der Waals surface area (Å²) >= 11 is 0. The second kappa shape index (κ2) is 7.32. The van der Waals surface area contributed by atoms with Crippen molar-refractivity contribution in [3.8, 4) is 11.5 Å². The lowest BCUT2D eigenvalue weighted by Gasteiger charge is -2.66. The van der Waals surface area contributed by atoms with Gasteiger partial charge in [0.1, 0.15) is 6.10 Å². The van der Waals surface area contributed by atoms with E-state index in [0.717, 1.165) is 73.3 Å². The van der Waals surface area contributed by atoms with Crippen molar-refractivity contribution in [1.82, 2.24) is 20.0 Å². The smallest absolute Gasteiger partial charge is 0.227 e. The number of carbonyl (C=O) groups excluding carboxylic acids is 1. The summed E-state index contributed by atoms with van der Waals surface area (Å²) in [5, 5.41) is 19.1. The van der Waals surface area contributed by atoms with E-state index in [1.165, 1.54) is 30.5 Å². The van der Waals surface area contributed by atoms with Crippen molar-refractivity contribution in [2.24, 2.45) is 11.3 Å². The molecule has 7 heteroatoms. The second-order valence-corrected chi connectivity index (χ2v) is 12.9. The van der Waals surface area contributed by atoms with Crippen molar-refractivity contribution in [2.75, 3.05) is 19.6 Å². The molecule has 5 heterocycles. The molecule has 3 aromatic rings. The third kappa shape index (κ3) is 2.63. The highest BCUT2D eigenvalue weighted by molar-refractivity contribution is 5.83. The average Bonchev–Trinajstić information content (AvgIpc) is 3.57. The van der Waals surface area contributed by atoms with Gasteiger partial charge in [-0.2, -0.15) is 5.10 Å². The van der Waals surface area contributed by atoms with Gasteiger partial charge in [0.2, 0.25) is 5.91 Å². The molecule has 7 nitrogen and oxygen atoms in total. The third-order valence-electron chi connectivity index (χ3n) is 11.4. The van der Waals surface area contributed by atoms with E-state index < -0.39 is 0 Å². The highest BCUT2D eigenvalue weighted by Gasteiger charge is 2.74. The van der Waals surface area contributed by atoms with Gasteiger partial charge in [-0.1, -0.05) is 12.1 Å². The SMILES string of the molecule is O=C(Cc1ccc2[nH]ncc2c1)N1CC[C@@]23CC[C@@H]1[C@@H]1Oc4c(O)ccc5c4[C@@]12CCN(CC1CC1)[C@@H]3C5. The molecule has 5 atom stereocenters. The Morgan fingerprint density at radius 3 is 2.95 bits per heavy atom. The van der Waals surface area contributed by atoms with Crippen LogP contribution < -0.4 is 4.74 Å². The van der Waals surface area contributed by atoms with Gasteiger partial charge in [-0.15, -0.1) is 0 Å². The van der Waals surface area contributed by atoms with Gasteiger partial charge < -0.3 is 14.7 Å². The first-order valence-corrected chi connectivity index (χ1v) is 14.5. The van der Waals surface area contributed by atoms with E-state index in [0.29, 0.717) is 12.5 Å². The van der Waals surface area contributed by atoms with Crippen molar-refractivity contribution in [3.05, 3.63) is 53.2 Å². The van der Waals surface area contributed by atoms with Gasteiger partial charge in [0.25, 0.3) is 0 Å². The summed E-state index contributed by atoms with van der Waals surface area (Å²) in [6.07, 6.45) is 10.1. The first kappa shape index (κ1) is 21.8. The zero-order chi connectivity index (χ0) is 25.2. The summed E-state index contributed by atoms with van der Waals surface area (Å²) in [6, 6.07) is 10.7. The van der Waals surface area contributed by atoms with Gasteiger partial charge in [-0.05, 0) is 86.7 Å². The maximum atomic E-state index is 14.0. The number of nitrogens with one attached hydrogen (secondary N) is 1. The van der Waals surface area contributed by atoms with Crippen molar-refractivity contribution >= 4 is 16.8 Å². The minimum absolute atomic E-state index is 0.0455. The molecule has 0 unspecified atom stereocenters. The van der Waals surface area contributed by atoms with Crippen LogP contribution in [0.1, 0.15) is 55.2 Å². The Morgan fingerprint density at radius 2 is 2.05 bits per heavy atom. The lowest BCUT2D eigenvalue weighted by atomic mass is 9.42. The molecule has 7 aliphatic rings. The molecule has 3 aliphatic carbocycles. The van der Waals surface area contributed by atoms with Crippen LogP contribution in [0, 0.1) is 11.3 Å². The Bertz CT molecular complexity index is 1500. The van der Waals surface area contributed by atoms with Gasteiger partial charge in [0, 0.05) is 40.9 Å². The summed E-state index contributed by atoms with van der Waals surface area (Å²) in [6.45, 7) is 3.12. The number of amides is 1. The summed E-state index contributed by atoms with van der Waals surface area (Å²) in [7, 11) is 0. The first-order valence-electron chi connectivity index (χ1n) is 14.5. The fourth-order valence-corrected chi connectivity index (χ4v) is 9.68. The van der Waals surface area contributed by atoms with E-state index in [-0.39, 0.29) is 34.6 Å². The topological polar surface area (TPSA) is 81.7 Å². The Hall–Kier alpha value is -3.06. The number of rotatable bonds is 4. The van der Waals surface area contributed by atoms with E-state index in [4.69, 9.17) is 4.74 Å². The maximum Gasteiger partial charge on any atom is 0.227 e. The monoisotopic (exact) mass is 510 g/mol. The average molecular weight is 511 g/mol. The number of nitrogens with zero attached hydrogens (tertiary/aromatic N) is 3. The Balaban J connectivity index is 1.13. The van der Waals surface area contributed by atoms with Crippen molar-refractivity contribution in [3.63, 3.8) is 0 Å². The number of H-pyrrole nitrogens is 1. The third-order valence-corrected chi connectivity index (χ3v) is 11.4. The molecule has 2 N–H and O–H groups in total. The summed E-state index contributed by atoms with van der Waals surface area (Å²) < 4.78 is 6.85. The quantitative estimate of drug-likeness (QED) is 0.556. The van der Waals surface area contributed by atoms with Gasteiger partial charge in [0.15, 0.2) is 11.5 Å². The summed E-state index contributed by atoms with van der Waals surface area (Å²) in [5.41, 5.74) is 4.68. The van der Waals surface area contributed by atoms with Crippen LogP contribution in [-0.2, 0) is 23.1 Å². The molecule has 196 valence electrons. The standard InChI is InChI=1S/C31H34N4O3/c36-24-6-4-20-15-25-30-8-7-23(29-31(30,27(20)28(24)38-29)10-11-34(25)17-18-1-2-18)35(12-9-30)26(37)14-19-3-5-22-21(13-19)16-32-33-22/h3-6,13,16,18,23,25,29,36H,1-2,7-12,14-15,17H2,(H,32,33)/t23-,25-,29+,30-,31+/m1/s1. The van der Waals surface area contributed by atoms with Gasteiger partial charge in [-0.3, -0.25) is 14.8 Å². The minimum atomic E-state index is -0.104. The largest absolute Gasteiger partial charge is 0.504 e. The number of aromatic amines is 1. The Labute approximate surface area is 222 Å². The van der Waals surface area contributed by atoms with Crippen LogP contribution in [0.3, 0.4) is 0 Å². The van der Waals surface area contributed by atoms with Crippen LogP contribution in [0.5, 0.6) is 11.5 Å². The molecule has 38 heavy (non-hydrogen) atoms. The summed E-state index contributed by atoms with van der Waals surface area (Å²) in [5.74, 6) is 2.04. The molecule has 2 aromatic carbocycles. The highest BCUT2D eigenvalue weighted by Crippen LogP contribution is 2.71. The van der Waals surface area contributed by atoms with Crippen molar-refractivity contribution in [1.29, 1.82) is 0 Å². The van der Waals surface area contributed by atoms with Crippen LogP contribution in [0.4, 0.5) is 0 Å². The van der Waals surface area contributed by atoms with Crippen LogP contribution in [0.2, 0.25) is 0 Å². The van der Waals surface area contributed by atoms with Crippen molar-refractivity contribution < 1.29 is 14.6 Å². The Morgan fingerprint density at radius 1 is 1.13 bits per heavy atom. The molecule has 4 bridgehead atoms. The molecule has 1 aromatic heterocycles. The van der Waals surface area contributed by atoms with E-state index in [9.17, 15) is 9.90 Å². The maximum absolute atomic E-state index is 14.0. The summed E-state index contributed by atoms with van der Waals surface area (Å²) in [4.78, 5) is 19.0. The number of aromatic hydroxyl groups is 1. The lowest BCUT2D eigenvalue weighted by molar-refractivity contribution is -0.143. The number of ether oxygens (including phenoxy) is 1. The number of likely N-dealkylation sites (tertiary alicyclic amines) is 1.